The van der Waals surface area contributed by atoms with Crippen LogP contribution in [-0.4, -0.2) is 86.7 Å². The van der Waals surface area contributed by atoms with E-state index in [0.717, 1.165) is 50.5 Å². The van der Waals surface area contributed by atoms with Crippen LogP contribution in [0.2, 0.25) is 0 Å². The predicted molar refractivity (Wildman–Crippen MR) is 541 cm³/mol. The van der Waals surface area contributed by atoms with Crippen LogP contribution < -0.4 is 21.3 Å². The second kappa shape index (κ2) is 120. The molecule has 13 nitrogen and oxygen atoms in total. The van der Waals surface area contributed by atoms with Crippen LogP contribution in [0.5, 0.6) is 0 Å². The zero-order valence-electron chi connectivity index (χ0n) is 84.4. The van der Waals surface area contributed by atoms with Crippen LogP contribution in [0.1, 0.15) is 387 Å². The Hall–Kier alpha value is -9.46. The van der Waals surface area contributed by atoms with Crippen molar-refractivity contribution >= 4 is 35.6 Å². The Morgan fingerprint density at radius 3 is 0.557 bits per heavy atom. The Bertz CT molecular complexity index is 3020. The number of carbonyl (C=O) groups excluding carboxylic acids is 6. The van der Waals surface area contributed by atoms with Crippen molar-refractivity contribution in [2.45, 2.75) is 324 Å². The Balaban J connectivity index is -0.000000119. The van der Waals surface area contributed by atoms with Crippen LogP contribution in [0.15, 0.2) is 243 Å². The summed E-state index contributed by atoms with van der Waals surface area (Å²) in [6, 6.07) is 77.7. The fraction of sp³-hybridized carbons (Fsp3) is 0.505. The summed E-state index contributed by atoms with van der Waals surface area (Å²) < 4.78 is 9.99. The quantitative estimate of drug-likeness (QED) is 0.0215. The lowest BCUT2D eigenvalue weighted by atomic mass is 9.93. The van der Waals surface area contributed by atoms with Crippen LogP contribution >= 0.6 is 0 Å². The first kappa shape index (κ1) is 139. The molecule has 0 aliphatic rings. The number of benzene rings is 8. The average Bonchev–Trinajstić information content (AvgIpc) is 0.896. The fourth-order valence-electron chi connectivity index (χ4n) is 9.96. The summed E-state index contributed by atoms with van der Waals surface area (Å²) in [5.41, 5.74) is 7.56. The molecule has 696 valence electrons. The average molecular weight is 1700 g/mol. The van der Waals surface area contributed by atoms with Crippen molar-refractivity contribution in [1.29, 1.82) is 0 Å². The highest BCUT2D eigenvalue weighted by atomic mass is 16.5. The Kier molecular flexibility index (Phi) is 136. The van der Waals surface area contributed by atoms with Gasteiger partial charge in [-0.15, -0.1) is 0 Å². The molecule has 0 saturated heterocycles. The molecule has 8 aromatic carbocycles. The lowest BCUT2D eigenvalue weighted by Gasteiger charge is -2.18. The molecule has 0 spiro atoms. The summed E-state index contributed by atoms with van der Waals surface area (Å²) in [4.78, 5) is 70.4. The highest BCUT2D eigenvalue weighted by Gasteiger charge is 2.18. The number of unbranched alkanes of at least 4 members (excludes halogenated alkanes) is 1. The first-order valence-electron chi connectivity index (χ1n) is 47.4. The van der Waals surface area contributed by atoms with Gasteiger partial charge in [0.1, 0.15) is 0 Å². The molecular formula is C109H186N4O9. The zero-order valence-corrected chi connectivity index (χ0v) is 84.4. The first-order valence-corrected chi connectivity index (χ1v) is 47.4. The van der Waals surface area contributed by atoms with Crippen molar-refractivity contribution in [2.24, 2.45) is 0 Å². The molecule has 0 fully saturated rings. The molecule has 0 aromatic heterocycles. The van der Waals surface area contributed by atoms with Gasteiger partial charge in [0, 0.05) is 92.6 Å². The molecule has 0 heterocycles. The number of aliphatic hydroxyl groups excluding tert-OH is 1. The van der Waals surface area contributed by atoms with E-state index in [1.807, 2.05) is 367 Å². The number of aliphatic hydroxyl groups is 1. The Morgan fingerprint density at radius 1 is 0.246 bits per heavy atom. The van der Waals surface area contributed by atoms with E-state index in [0.29, 0.717) is 62.0 Å². The number of hydrogen-bond donors (Lipinski definition) is 5. The third-order valence-electron chi connectivity index (χ3n) is 14.9. The number of ether oxygens (including phenoxy) is 2. The van der Waals surface area contributed by atoms with E-state index in [-0.39, 0.29) is 59.9 Å². The second-order valence-electron chi connectivity index (χ2n) is 21.7. The molecule has 0 aliphatic carbocycles. The van der Waals surface area contributed by atoms with E-state index in [1.54, 1.807) is 36.4 Å². The van der Waals surface area contributed by atoms with E-state index in [9.17, 15) is 28.8 Å². The number of esters is 2. The van der Waals surface area contributed by atoms with Gasteiger partial charge in [0.05, 0.1) is 13.2 Å². The van der Waals surface area contributed by atoms with Gasteiger partial charge in [-0.05, 0) is 116 Å². The van der Waals surface area contributed by atoms with Gasteiger partial charge in [-0.2, -0.15) is 0 Å². The van der Waals surface area contributed by atoms with Crippen LogP contribution in [0.4, 0.5) is 0 Å². The number of rotatable bonds is 30. The van der Waals surface area contributed by atoms with Gasteiger partial charge in [-0.1, -0.05) is 435 Å². The molecule has 4 atom stereocenters. The minimum Gasteiger partial charge on any atom is -0.466 e. The maximum absolute atomic E-state index is 12.2. The Morgan fingerprint density at radius 2 is 0.402 bits per heavy atom. The minimum atomic E-state index is -0.261. The molecule has 4 unspecified atom stereocenters. The van der Waals surface area contributed by atoms with Crippen molar-refractivity contribution in [2.75, 3.05) is 46.0 Å². The normalized spacial score (nSPS) is 9.41. The molecule has 0 aliphatic heterocycles. The van der Waals surface area contributed by atoms with Crippen LogP contribution in [0, 0.1) is 0 Å². The van der Waals surface area contributed by atoms with E-state index in [1.165, 1.54) is 48.9 Å². The maximum atomic E-state index is 12.2. The van der Waals surface area contributed by atoms with E-state index < -0.39 is 0 Å². The number of nitrogens with one attached hydrogen (secondary N) is 4. The van der Waals surface area contributed by atoms with Crippen molar-refractivity contribution in [3.63, 3.8) is 0 Å². The molecule has 122 heavy (non-hydrogen) atoms. The molecular weight excluding hydrogens is 1510 g/mol. The number of amides is 4. The maximum Gasteiger partial charge on any atom is 0.302 e. The Labute approximate surface area is 752 Å². The summed E-state index contributed by atoms with van der Waals surface area (Å²) in [5, 5.41) is 21.1. The first-order chi connectivity index (χ1) is 59.9. The third-order valence-corrected chi connectivity index (χ3v) is 14.9. The summed E-state index contributed by atoms with van der Waals surface area (Å²) in [5.74, 6) is 0.280. The standard InChI is InChI=1S/2C20H23NO3.C19H23NO.C18H21NO2.16C2H6/c2*1-16(22)24-14-8-13-19(17-9-4-2-5-10-17)15-21-20(23)18-11-6-3-7-12-18;1-2-3-10-18(16-11-6-4-7-12-16)15-20-19(21)17-13-8-5-9-14-17;20-13-7-12-17(15-8-3-1-4-9-15)14-19-18(21)16-10-5-2-6-11-16;16*1-2/h2*2-7,9-12,19H,8,13-15H2,1H3,(H,21,23);4-9,11-14,18H,2-3,10,15H2,1H3,(H,20,21);1-6,8-11,17,20H,7,12-14H2,(H,19,21);16*1-2H3. The third kappa shape index (κ3) is 80.3. The minimum absolute atomic E-state index is 0.00743. The molecule has 4 amide bonds. The van der Waals surface area contributed by atoms with Crippen molar-refractivity contribution in [1.82, 2.24) is 21.3 Å². The van der Waals surface area contributed by atoms with Gasteiger partial charge < -0.3 is 35.8 Å². The monoisotopic (exact) mass is 1700 g/mol. The molecule has 0 bridgehead atoms. The molecule has 0 radical (unpaired) electrons. The summed E-state index contributed by atoms with van der Waals surface area (Å²) in [6.07, 6.45) is 8.27. The molecule has 13 heteroatoms. The van der Waals surface area contributed by atoms with Crippen molar-refractivity contribution in [3.8, 4) is 0 Å². The van der Waals surface area contributed by atoms with Gasteiger partial charge in [-0.3, -0.25) is 28.8 Å². The molecule has 0 saturated carbocycles. The van der Waals surface area contributed by atoms with Crippen molar-refractivity contribution in [3.05, 3.63) is 287 Å². The van der Waals surface area contributed by atoms with Gasteiger partial charge in [-0.25, -0.2) is 0 Å². The number of carbonyl (C=O) groups is 6. The van der Waals surface area contributed by atoms with E-state index in [4.69, 9.17) is 14.6 Å². The second-order valence-corrected chi connectivity index (χ2v) is 21.7. The smallest absolute Gasteiger partial charge is 0.302 e. The summed E-state index contributed by atoms with van der Waals surface area (Å²) in [6.45, 7) is 72.4. The van der Waals surface area contributed by atoms with Crippen LogP contribution in [0.25, 0.3) is 0 Å². The van der Waals surface area contributed by atoms with Gasteiger partial charge >= 0.3 is 11.9 Å². The zero-order chi connectivity index (χ0) is 96.2. The van der Waals surface area contributed by atoms with E-state index in [2.05, 4.69) is 88.9 Å². The fourth-order valence-corrected chi connectivity index (χ4v) is 9.96. The van der Waals surface area contributed by atoms with Crippen LogP contribution in [0.3, 0.4) is 0 Å². The highest BCUT2D eigenvalue weighted by molar-refractivity contribution is 5.95. The topological polar surface area (TPSA) is 189 Å². The summed E-state index contributed by atoms with van der Waals surface area (Å²) in [7, 11) is 0. The van der Waals surface area contributed by atoms with Crippen LogP contribution in [-0.2, 0) is 19.1 Å². The van der Waals surface area contributed by atoms with Crippen molar-refractivity contribution < 1.29 is 43.3 Å². The van der Waals surface area contributed by atoms with Gasteiger partial charge in [0.25, 0.3) is 23.6 Å². The summed E-state index contributed by atoms with van der Waals surface area (Å²) >= 11 is 0. The predicted octanol–water partition coefficient (Wildman–Crippen LogP) is 30.9. The van der Waals surface area contributed by atoms with Gasteiger partial charge in [0.2, 0.25) is 0 Å². The number of hydrogen-bond acceptors (Lipinski definition) is 9. The molecule has 8 aromatic rings. The largest absolute Gasteiger partial charge is 0.466 e. The highest BCUT2D eigenvalue weighted by Crippen LogP contribution is 2.25. The molecule has 5 N–H and O–H groups in total. The lowest BCUT2D eigenvalue weighted by Crippen LogP contribution is -2.28. The van der Waals surface area contributed by atoms with E-state index >= 15 is 0 Å². The molecule has 8 rings (SSSR count). The van der Waals surface area contributed by atoms with Gasteiger partial charge in [0.15, 0.2) is 0 Å². The SMILES string of the molecule is CC.CC.CC.CC.CC.CC.CC.CC.CC.CC.CC.CC.CC.CC.CC.CC.CC(=O)OCCCC(CNC(=O)c1ccccc1)c1ccccc1.CC(=O)OCCCC(CNC(=O)c1ccccc1)c1ccccc1.CCCCC(CNC(=O)c1ccccc1)c1ccccc1.O=C(NCC(CCCO)c1ccccc1)c1ccccc1. The lowest BCUT2D eigenvalue weighted by molar-refractivity contribution is -0.142.